The maximum Gasteiger partial charge on any atom is 0.338 e. The SMILES string of the molecule is CC(C)(C)OC(=O)c1cccc(C(O)C(O)CN=[N+]=[N-])c1. The maximum atomic E-state index is 11.9. The van der Waals surface area contributed by atoms with Crippen LogP contribution in [-0.4, -0.2) is 34.4 Å². The van der Waals surface area contributed by atoms with Gasteiger partial charge in [0.1, 0.15) is 11.7 Å². The highest BCUT2D eigenvalue weighted by Crippen LogP contribution is 2.20. The van der Waals surface area contributed by atoms with Crippen LogP contribution in [0.15, 0.2) is 29.4 Å². The van der Waals surface area contributed by atoms with Crippen LogP contribution in [0.25, 0.3) is 10.4 Å². The van der Waals surface area contributed by atoms with Gasteiger partial charge in [-0.2, -0.15) is 0 Å². The molecule has 0 heterocycles. The number of hydrogen-bond acceptors (Lipinski definition) is 5. The molecule has 2 unspecified atom stereocenters. The highest BCUT2D eigenvalue weighted by Gasteiger charge is 2.21. The summed E-state index contributed by atoms with van der Waals surface area (Å²) in [6, 6.07) is 6.15. The molecule has 1 aromatic rings. The van der Waals surface area contributed by atoms with Gasteiger partial charge in [0.05, 0.1) is 18.2 Å². The van der Waals surface area contributed by atoms with E-state index in [2.05, 4.69) is 10.0 Å². The summed E-state index contributed by atoms with van der Waals surface area (Å²) in [5, 5.41) is 22.9. The van der Waals surface area contributed by atoms with Crippen molar-refractivity contribution in [2.75, 3.05) is 6.54 Å². The smallest absolute Gasteiger partial charge is 0.338 e. The number of esters is 1. The molecule has 0 amide bonds. The predicted octanol–water partition coefficient (Wildman–Crippen LogP) is 2.35. The molecule has 1 aromatic carbocycles. The van der Waals surface area contributed by atoms with Gasteiger partial charge in [-0.3, -0.25) is 0 Å². The van der Waals surface area contributed by atoms with Gasteiger partial charge >= 0.3 is 5.97 Å². The number of benzene rings is 1. The fourth-order valence-electron chi connectivity index (χ4n) is 1.63. The number of hydrogen-bond donors (Lipinski definition) is 2. The van der Waals surface area contributed by atoms with Crippen LogP contribution in [0.5, 0.6) is 0 Å². The highest BCUT2D eigenvalue weighted by atomic mass is 16.6. The van der Waals surface area contributed by atoms with Crippen molar-refractivity contribution in [2.24, 2.45) is 5.11 Å². The molecule has 0 aliphatic heterocycles. The Morgan fingerprint density at radius 2 is 2.10 bits per heavy atom. The van der Waals surface area contributed by atoms with E-state index in [4.69, 9.17) is 10.3 Å². The maximum absolute atomic E-state index is 11.9. The monoisotopic (exact) mass is 293 g/mol. The largest absolute Gasteiger partial charge is 0.456 e. The average Bonchev–Trinajstić information content (AvgIpc) is 2.42. The van der Waals surface area contributed by atoms with Crippen LogP contribution in [0, 0.1) is 0 Å². The van der Waals surface area contributed by atoms with Gasteiger partial charge in [-0.15, -0.1) is 0 Å². The minimum Gasteiger partial charge on any atom is -0.456 e. The summed E-state index contributed by atoms with van der Waals surface area (Å²) in [4.78, 5) is 14.5. The summed E-state index contributed by atoms with van der Waals surface area (Å²) in [6.45, 7) is 5.02. The van der Waals surface area contributed by atoms with Gasteiger partial charge in [0.25, 0.3) is 0 Å². The molecule has 21 heavy (non-hydrogen) atoms. The molecule has 7 nitrogen and oxygen atoms in total. The van der Waals surface area contributed by atoms with E-state index in [-0.39, 0.29) is 12.1 Å². The molecule has 0 spiro atoms. The lowest BCUT2D eigenvalue weighted by Crippen LogP contribution is -2.24. The van der Waals surface area contributed by atoms with Crippen LogP contribution < -0.4 is 0 Å². The molecule has 114 valence electrons. The van der Waals surface area contributed by atoms with E-state index in [1.165, 1.54) is 6.07 Å². The average molecular weight is 293 g/mol. The van der Waals surface area contributed by atoms with Gasteiger partial charge < -0.3 is 14.9 Å². The van der Waals surface area contributed by atoms with E-state index in [0.29, 0.717) is 5.56 Å². The molecule has 7 heteroatoms. The van der Waals surface area contributed by atoms with Crippen molar-refractivity contribution in [3.8, 4) is 0 Å². The van der Waals surface area contributed by atoms with Crippen molar-refractivity contribution in [2.45, 2.75) is 38.6 Å². The number of rotatable bonds is 5. The first-order chi connectivity index (χ1) is 9.74. The molecule has 0 radical (unpaired) electrons. The highest BCUT2D eigenvalue weighted by molar-refractivity contribution is 5.89. The zero-order valence-electron chi connectivity index (χ0n) is 12.2. The van der Waals surface area contributed by atoms with Crippen molar-refractivity contribution >= 4 is 5.97 Å². The van der Waals surface area contributed by atoms with Gasteiger partial charge in [-0.25, -0.2) is 4.79 Å². The van der Waals surface area contributed by atoms with Crippen molar-refractivity contribution in [3.05, 3.63) is 45.8 Å². The van der Waals surface area contributed by atoms with Crippen molar-refractivity contribution in [3.63, 3.8) is 0 Å². The third kappa shape index (κ3) is 5.43. The molecule has 1 rings (SSSR count). The van der Waals surface area contributed by atoms with Crippen LogP contribution in [0.2, 0.25) is 0 Å². The molecule has 0 saturated heterocycles. The molecule has 0 saturated carbocycles. The van der Waals surface area contributed by atoms with E-state index >= 15 is 0 Å². The van der Waals surface area contributed by atoms with E-state index in [1.807, 2.05) is 0 Å². The minimum atomic E-state index is -1.25. The molecule has 2 N–H and O–H groups in total. The zero-order valence-corrected chi connectivity index (χ0v) is 12.2. The Bertz CT molecular complexity index is 547. The van der Waals surface area contributed by atoms with Crippen LogP contribution in [-0.2, 0) is 4.74 Å². The quantitative estimate of drug-likeness (QED) is 0.375. The second-order valence-corrected chi connectivity index (χ2v) is 5.55. The summed E-state index contributed by atoms with van der Waals surface area (Å²) in [5.74, 6) is -0.513. The van der Waals surface area contributed by atoms with E-state index in [1.54, 1.807) is 39.0 Å². The van der Waals surface area contributed by atoms with Gasteiger partial charge in [-0.1, -0.05) is 17.2 Å². The van der Waals surface area contributed by atoms with Gasteiger partial charge in [0, 0.05) is 4.91 Å². The van der Waals surface area contributed by atoms with Crippen LogP contribution in [0.1, 0.15) is 42.8 Å². The standard InChI is InChI=1S/C14H19N3O4/c1-14(2,3)21-13(20)10-6-4-5-9(7-10)12(19)11(18)8-16-17-15/h4-7,11-12,18-19H,8H2,1-3H3. The number of aliphatic hydroxyl groups is 2. The van der Waals surface area contributed by atoms with Gasteiger partial charge in [-0.05, 0) is 44.0 Å². The third-order valence-corrected chi connectivity index (χ3v) is 2.56. The summed E-state index contributed by atoms with van der Waals surface area (Å²) >= 11 is 0. The molecular weight excluding hydrogens is 274 g/mol. The van der Waals surface area contributed by atoms with Crippen LogP contribution in [0.4, 0.5) is 0 Å². The number of carbonyl (C=O) groups is 1. The second-order valence-electron chi connectivity index (χ2n) is 5.55. The summed E-state index contributed by atoms with van der Waals surface area (Å²) in [5.41, 5.74) is 8.20. The van der Waals surface area contributed by atoms with Crippen molar-refractivity contribution in [1.29, 1.82) is 0 Å². The molecule has 0 aliphatic rings. The number of aliphatic hydroxyl groups excluding tert-OH is 2. The topological polar surface area (TPSA) is 116 Å². The Labute approximate surface area is 122 Å². The first-order valence-electron chi connectivity index (χ1n) is 6.45. The molecule has 0 bridgehead atoms. The number of ether oxygens (including phenoxy) is 1. The van der Waals surface area contributed by atoms with Gasteiger partial charge in [0.15, 0.2) is 0 Å². The van der Waals surface area contributed by atoms with Crippen LogP contribution in [0.3, 0.4) is 0 Å². The summed E-state index contributed by atoms with van der Waals surface area (Å²) in [6.07, 6.45) is -2.49. The second kappa shape index (κ2) is 7.08. The first kappa shape index (κ1) is 17.0. The van der Waals surface area contributed by atoms with Crippen LogP contribution >= 0.6 is 0 Å². The lowest BCUT2D eigenvalue weighted by Gasteiger charge is -2.20. The fourth-order valence-corrected chi connectivity index (χ4v) is 1.63. The molecule has 0 fully saturated rings. The number of carbonyl (C=O) groups excluding carboxylic acids is 1. The Kier molecular flexibility index (Phi) is 5.72. The number of nitrogens with zero attached hydrogens (tertiary/aromatic N) is 3. The number of azide groups is 1. The Balaban J connectivity index is 2.89. The fraction of sp³-hybridized carbons (Fsp3) is 0.500. The minimum absolute atomic E-state index is 0.256. The Hall–Kier alpha value is -2.08. The summed E-state index contributed by atoms with van der Waals surface area (Å²) in [7, 11) is 0. The molecular formula is C14H19N3O4. The van der Waals surface area contributed by atoms with E-state index < -0.39 is 23.8 Å². The third-order valence-electron chi connectivity index (χ3n) is 2.56. The van der Waals surface area contributed by atoms with Gasteiger partial charge in [0.2, 0.25) is 0 Å². The van der Waals surface area contributed by atoms with E-state index in [0.717, 1.165) is 0 Å². The molecule has 0 aliphatic carbocycles. The van der Waals surface area contributed by atoms with Crippen molar-refractivity contribution < 1.29 is 19.7 Å². The Morgan fingerprint density at radius 1 is 1.43 bits per heavy atom. The molecule has 0 aromatic heterocycles. The first-order valence-corrected chi connectivity index (χ1v) is 6.45. The lowest BCUT2D eigenvalue weighted by atomic mass is 10.0. The summed E-state index contributed by atoms with van der Waals surface area (Å²) < 4.78 is 5.23. The Morgan fingerprint density at radius 3 is 2.67 bits per heavy atom. The normalized spacial score (nSPS) is 14.0. The lowest BCUT2D eigenvalue weighted by molar-refractivity contribution is 0.00669. The predicted molar refractivity (Wildman–Crippen MR) is 76.6 cm³/mol. The van der Waals surface area contributed by atoms with Crippen molar-refractivity contribution in [1.82, 2.24) is 0 Å². The molecule has 2 atom stereocenters. The van der Waals surface area contributed by atoms with E-state index in [9.17, 15) is 15.0 Å². The zero-order chi connectivity index (χ0) is 16.0.